The van der Waals surface area contributed by atoms with Gasteiger partial charge in [-0.2, -0.15) is 13.2 Å². The van der Waals surface area contributed by atoms with Crippen molar-refractivity contribution in [1.29, 1.82) is 0 Å². The molecule has 1 N–H and O–H groups in total. The van der Waals surface area contributed by atoms with Gasteiger partial charge >= 0.3 is 17.8 Å². The molecule has 1 aromatic heterocycles. The smallest absolute Gasteiger partial charge is 0.442 e. The van der Waals surface area contributed by atoms with Crippen LogP contribution in [0.15, 0.2) is 4.99 Å². The molecule has 0 spiro atoms. The van der Waals surface area contributed by atoms with Gasteiger partial charge in [-0.05, 0) is 31.2 Å². The molecular weight excluding hydrogens is 403 g/mol. The summed E-state index contributed by atoms with van der Waals surface area (Å²) in [6, 6.07) is 0. The van der Waals surface area contributed by atoms with E-state index < -0.39 is 23.7 Å². The van der Waals surface area contributed by atoms with Crippen molar-refractivity contribution in [3.05, 3.63) is 16.0 Å². The number of rotatable bonds is 3. The van der Waals surface area contributed by atoms with Crippen LogP contribution in [-0.2, 0) is 22.4 Å². The number of thioether (sulfide) groups is 1. The monoisotopic (exact) mass is 419 g/mol. The number of amidine groups is 1. The van der Waals surface area contributed by atoms with Crippen molar-refractivity contribution in [3.63, 3.8) is 0 Å². The predicted octanol–water partition coefficient (Wildman–Crippen LogP) is 3.03. The lowest BCUT2D eigenvalue weighted by Crippen LogP contribution is -2.57. The number of carbonyl (C=O) groups is 2. The third-order valence-electron chi connectivity index (χ3n) is 4.86. The number of esters is 1. The zero-order valence-corrected chi connectivity index (χ0v) is 15.9. The van der Waals surface area contributed by atoms with Gasteiger partial charge < -0.3 is 10.1 Å². The number of thiophene rings is 1. The van der Waals surface area contributed by atoms with E-state index in [0.29, 0.717) is 24.2 Å². The van der Waals surface area contributed by atoms with Gasteiger partial charge in [0.15, 0.2) is 5.17 Å². The topological polar surface area (TPSA) is 71.0 Å². The summed E-state index contributed by atoms with van der Waals surface area (Å²) in [6.45, 7) is 0.187. The second-order valence-corrected chi connectivity index (χ2v) is 8.61. The van der Waals surface area contributed by atoms with E-state index in [1.54, 1.807) is 0 Å². The predicted molar refractivity (Wildman–Crippen MR) is 96.3 cm³/mol. The highest BCUT2D eigenvalue weighted by Crippen LogP contribution is 2.46. The molecule has 4 rings (SSSR count). The molecule has 0 radical (unpaired) electrons. The number of fused-ring (bicyclic) bond motifs is 2. The Morgan fingerprint density at radius 2 is 2.07 bits per heavy atom. The molecule has 1 aliphatic carbocycles. The lowest BCUT2D eigenvalue weighted by atomic mass is 9.95. The van der Waals surface area contributed by atoms with E-state index in [9.17, 15) is 22.8 Å². The Kier molecular flexibility index (Phi) is 4.41. The molecule has 1 amide bonds. The number of anilines is 1. The third-order valence-corrected chi connectivity index (χ3v) is 7.02. The van der Waals surface area contributed by atoms with Crippen molar-refractivity contribution in [3.8, 4) is 0 Å². The van der Waals surface area contributed by atoms with E-state index in [1.165, 1.54) is 7.11 Å². The van der Waals surface area contributed by atoms with Crippen LogP contribution in [-0.4, -0.2) is 53.2 Å². The Morgan fingerprint density at radius 1 is 1.33 bits per heavy atom. The number of hydrogen-bond donors (Lipinski definition) is 1. The van der Waals surface area contributed by atoms with Crippen molar-refractivity contribution in [2.45, 2.75) is 37.5 Å². The number of amides is 1. The van der Waals surface area contributed by atoms with E-state index in [1.807, 2.05) is 0 Å². The van der Waals surface area contributed by atoms with E-state index in [4.69, 9.17) is 4.74 Å². The summed E-state index contributed by atoms with van der Waals surface area (Å²) in [6.07, 6.45) is -1.91. The van der Waals surface area contributed by atoms with Gasteiger partial charge in [-0.3, -0.25) is 9.69 Å². The van der Waals surface area contributed by atoms with E-state index in [-0.39, 0.29) is 22.3 Å². The molecule has 2 aliphatic heterocycles. The first kappa shape index (κ1) is 18.6. The highest BCUT2D eigenvalue weighted by Gasteiger charge is 2.67. The molecule has 1 fully saturated rings. The number of nitrogens with one attached hydrogen (secondary N) is 1. The summed E-state index contributed by atoms with van der Waals surface area (Å²) in [4.78, 5) is 30.6. The number of ether oxygens (including phenoxy) is 1. The number of aryl methyl sites for hydroxylation is 1. The molecule has 0 bridgehead atoms. The molecule has 27 heavy (non-hydrogen) atoms. The number of carbonyl (C=O) groups excluding carboxylic acids is 2. The molecule has 0 aromatic carbocycles. The average Bonchev–Trinajstić information content (AvgIpc) is 3.28. The fourth-order valence-corrected chi connectivity index (χ4v) is 5.86. The molecule has 3 heterocycles. The molecule has 0 saturated carbocycles. The van der Waals surface area contributed by atoms with Crippen LogP contribution < -0.4 is 5.32 Å². The quantitative estimate of drug-likeness (QED) is 0.763. The maximum Gasteiger partial charge on any atom is 0.442 e. The number of aliphatic imine (C=N–C) groups is 1. The zero-order valence-electron chi connectivity index (χ0n) is 14.3. The van der Waals surface area contributed by atoms with E-state index in [2.05, 4.69) is 10.3 Å². The number of nitrogens with zero attached hydrogens (tertiary/aromatic N) is 2. The molecule has 3 aliphatic rings. The van der Waals surface area contributed by atoms with Crippen molar-refractivity contribution in [2.24, 2.45) is 4.99 Å². The highest BCUT2D eigenvalue weighted by atomic mass is 32.2. The fourth-order valence-electron chi connectivity index (χ4n) is 3.54. The first-order chi connectivity index (χ1) is 12.8. The summed E-state index contributed by atoms with van der Waals surface area (Å²) in [5.74, 6) is -1.35. The van der Waals surface area contributed by atoms with Crippen LogP contribution in [0, 0.1) is 0 Å². The zero-order chi connectivity index (χ0) is 19.4. The van der Waals surface area contributed by atoms with Crippen LogP contribution >= 0.6 is 23.1 Å². The van der Waals surface area contributed by atoms with Gasteiger partial charge in [-0.15, -0.1) is 11.3 Å². The molecule has 146 valence electrons. The highest BCUT2D eigenvalue weighted by molar-refractivity contribution is 8.14. The van der Waals surface area contributed by atoms with Crippen LogP contribution in [0.25, 0.3) is 0 Å². The van der Waals surface area contributed by atoms with E-state index >= 15 is 0 Å². The SMILES string of the molecule is COC(=O)c1c(N[C@@]2(C(F)(F)F)N=C3SCCN3C2=O)sc2c1CCCC2. The van der Waals surface area contributed by atoms with Gasteiger partial charge in [0.05, 0.1) is 12.7 Å². The van der Waals surface area contributed by atoms with Crippen LogP contribution in [0.2, 0.25) is 0 Å². The van der Waals surface area contributed by atoms with Gasteiger partial charge in [0, 0.05) is 17.2 Å². The van der Waals surface area contributed by atoms with Gasteiger partial charge in [0.2, 0.25) is 0 Å². The second-order valence-electron chi connectivity index (χ2n) is 6.44. The number of hydrogen-bond acceptors (Lipinski definition) is 7. The van der Waals surface area contributed by atoms with Crippen molar-refractivity contribution >= 4 is 45.1 Å². The van der Waals surface area contributed by atoms with E-state index in [0.717, 1.165) is 45.7 Å². The first-order valence-electron chi connectivity index (χ1n) is 8.41. The Balaban J connectivity index is 1.82. The van der Waals surface area contributed by atoms with Gasteiger partial charge in [0.1, 0.15) is 5.00 Å². The first-order valence-corrected chi connectivity index (χ1v) is 10.2. The second kappa shape index (κ2) is 6.40. The molecule has 0 unspecified atom stereocenters. The third kappa shape index (κ3) is 2.74. The minimum atomic E-state index is -4.96. The average molecular weight is 419 g/mol. The van der Waals surface area contributed by atoms with Gasteiger partial charge in [-0.25, -0.2) is 9.79 Å². The summed E-state index contributed by atoms with van der Waals surface area (Å²) in [7, 11) is 1.19. The molecule has 1 saturated heterocycles. The Bertz CT molecular complexity index is 852. The minimum Gasteiger partial charge on any atom is -0.465 e. The van der Waals surface area contributed by atoms with Crippen LogP contribution in [0.1, 0.15) is 33.6 Å². The molecule has 11 heteroatoms. The lowest BCUT2D eigenvalue weighted by Gasteiger charge is -2.29. The summed E-state index contributed by atoms with van der Waals surface area (Å²) in [5, 5.41) is 2.37. The van der Waals surface area contributed by atoms with Crippen molar-refractivity contribution in [2.75, 3.05) is 24.7 Å². The van der Waals surface area contributed by atoms with Crippen molar-refractivity contribution < 1.29 is 27.5 Å². The Labute approximate surface area is 161 Å². The number of methoxy groups -OCH3 is 1. The minimum absolute atomic E-state index is 0.00468. The summed E-state index contributed by atoms with van der Waals surface area (Å²) in [5.41, 5.74) is -2.30. The largest absolute Gasteiger partial charge is 0.465 e. The van der Waals surface area contributed by atoms with Crippen LogP contribution in [0.4, 0.5) is 18.2 Å². The number of alkyl halides is 3. The lowest BCUT2D eigenvalue weighted by molar-refractivity contribution is -0.185. The normalized spacial score (nSPS) is 24.5. The molecule has 1 atom stereocenters. The number of halogens is 3. The molecule has 6 nitrogen and oxygen atoms in total. The maximum absolute atomic E-state index is 14.0. The Morgan fingerprint density at radius 3 is 2.74 bits per heavy atom. The Hall–Kier alpha value is -1.75. The summed E-state index contributed by atoms with van der Waals surface area (Å²) < 4.78 is 46.9. The molecular formula is C16H16F3N3O3S2. The van der Waals surface area contributed by atoms with Crippen molar-refractivity contribution in [1.82, 2.24) is 4.90 Å². The van der Waals surface area contributed by atoms with Gasteiger partial charge in [-0.1, -0.05) is 11.8 Å². The maximum atomic E-state index is 14.0. The standard InChI is InChI=1S/C16H16F3N3O3S2/c1-25-12(23)10-8-4-2-3-5-9(8)27-11(10)20-15(16(17,18)19)13(24)22-6-7-26-14(22)21-15/h20H,2-7H2,1H3/t15-/m1/s1. The van der Waals surface area contributed by atoms with Gasteiger partial charge in [0.25, 0.3) is 5.91 Å². The molecule has 1 aromatic rings. The van der Waals surface area contributed by atoms with Crippen LogP contribution in [0.3, 0.4) is 0 Å². The fraction of sp³-hybridized carbons (Fsp3) is 0.562. The summed E-state index contributed by atoms with van der Waals surface area (Å²) >= 11 is 2.19. The van der Waals surface area contributed by atoms with Crippen LogP contribution in [0.5, 0.6) is 0 Å².